The van der Waals surface area contributed by atoms with Gasteiger partial charge in [-0.05, 0) is 19.3 Å². The number of carbonyl (C=O) groups is 1. The molecular formula is C18H25F5N2O3. The van der Waals surface area contributed by atoms with Crippen LogP contribution in [0.5, 0.6) is 0 Å². The average Bonchev–Trinajstić information content (AvgIpc) is 2.69. The van der Waals surface area contributed by atoms with Crippen molar-refractivity contribution in [2.45, 2.75) is 32.1 Å². The number of amides is 1. The molecule has 0 unspecified atom stereocenters. The highest BCUT2D eigenvalue weighted by atomic mass is 19.2. The molecule has 1 aromatic rings. The van der Waals surface area contributed by atoms with Gasteiger partial charge in [0.1, 0.15) is 0 Å². The zero-order valence-electron chi connectivity index (χ0n) is 15.5. The lowest BCUT2D eigenvalue weighted by atomic mass is 10.0. The Morgan fingerprint density at radius 3 is 1.96 bits per heavy atom. The molecule has 10 heteroatoms. The van der Waals surface area contributed by atoms with E-state index in [-0.39, 0.29) is 31.8 Å². The lowest BCUT2D eigenvalue weighted by Gasteiger charge is -2.09. The van der Waals surface area contributed by atoms with Gasteiger partial charge in [0.05, 0.1) is 26.4 Å². The molecule has 5 nitrogen and oxygen atoms in total. The first-order valence-electron chi connectivity index (χ1n) is 9.02. The van der Waals surface area contributed by atoms with E-state index in [9.17, 15) is 26.7 Å². The molecular weight excluding hydrogens is 387 g/mol. The molecule has 160 valence electrons. The monoisotopic (exact) mass is 412 g/mol. The van der Waals surface area contributed by atoms with Crippen molar-refractivity contribution in [1.29, 1.82) is 0 Å². The second-order valence-electron chi connectivity index (χ2n) is 5.97. The molecule has 1 rings (SSSR count). The summed E-state index contributed by atoms with van der Waals surface area (Å²) >= 11 is 0. The molecule has 1 aromatic carbocycles. The lowest BCUT2D eigenvalue weighted by Crippen LogP contribution is -2.25. The topological polar surface area (TPSA) is 73.6 Å². The number of rotatable bonds is 14. The summed E-state index contributed by atoms with van der Waals surface area (Å²) in [5.74, 6) is -9.82. The molecule has 3 N–H and O–H groups in total. The van der Waals surface area contributed by atoms with Gasteiger partial charge in [-0.25, -0.2) is 22.0 Å². The standard InChI is InChI=1S/C18H25F5N2O3/c19-14-12(15(20)17(22)18(23)16(14)21)4-2-1-3-7-25-13(26)5-8-27-10-11-28-9-6-24/h1-11,24H2,(H,25,26). The third-order valence-corrected chi connectivity index (χ3v) is 3.83. The number of halogens is 5. The van der Waals surface area contributed by atoms with Gasteiger partial charge in [0, 0.05) is 25.1 Å². The Kier molecular flexibility index (Phi) is 11.6. The van der Waals surface area contributed by atoms with E-state index in [2.05, 4.69) is 5.32 Å². The quantitative estimate of drug-likeness (QED) is 0.213. The van der Waals surface area contributed by atoms with Crippen molar-refractivity contribution in [2.75, 3.05) is 39.5 Å². The van der Waals surface area contributed by atoms with Crippen LogP contribution in [-0.4, -0.2) is 45.4 Å². The average molecular weight is 412 g/mol. The van der Waals surface area contributed by atoms with E-state index in [1.807, 2.05) is 0 Å². The summed E-state index contributed by atoms with van der Waals surface area (Å²) in [5.41, 5.74) is 4.44. The third-order valence-electron chi connectivity index (χ3n) is 3.83. The van der Waals surface area contributed by atoms with E-state index in [0.29, 0.717) is 45.8 Å². The summed E-state index contributed by atoms with van der Waals surface area (Å²) in [7, 11) is 0. The second kappa shape index (κ2) is 13.4. The lowest BCUT2D eigenvalue weighted by molar-refractivity contribution is -0.122. The van der Waals surface area contributed by atoms with Gasteiger partial charge in [0.2, 0.25) is 11.7 Å². The number of benzene rings is 1. The van der Waals surface area contributed by atoms with Crippen molar-refractivity contribution >= 4 is 5.91 Å². The maximum atomic E-state index is 13.5. The summed E-state index contributed by atoms with van der Waals surface area (Å²) in [4.78, 5) is 11.6. The summed E-state index contributed by atoms with van der Waals surface area (Å²) < 4.78 is 76.5. The molecule has 0 radical (unpaired) electrons. The van der Waals surface area contributed by atoms with Gasteiger partial charge < -0.3 is 20.5 Å². The maximum Gasteiger partial charge on any atom is 0.222 e. The maximum absolute atomic E-state index is 13.5. The molecule has 0 heterocycles. The number of hydrogen-bond acceptors (Lipinski definition) is 4. The van der Waals surface area contributed by atoms with Crippen LogP contribution in [0.3, 0.4) is 0 Å². The summed E-state index contributed by atoms with van der Waals surface area (Å²) in [6.07, 6.45) is 1.09. The Balaban J connectivity index is 2.14. The van der Waals surface area contributed by atoms with E-state index in [0.717, 1.165) is 0 Å². The van der Waals surface area contributed by atoms with Crippen molar-refractivity contribution in [3.8, 4) is 0 Å². The zero-order chi connectivity index (χ0) is 20.9. The summed E-state index contributed by atoms with van der Waals surface area (Å²) in [5, 5.41) is 2.66. The fraction of sp³-hybridized carbons (Fsp3) is 0.611. The van der Waals surface area contributed by atoms with Gasteiger partial charge in [0.25, 0.3) is 0 Å². The molecule has 0 aromatic heterocycles. The predicted octanol–water partition coefficient (Wildman–Crippen LogP) is 2.59. The third kappa shape index (κ3) is 8.07. The van der Waals surface area contributed by atoms with Crippen molar-refractivity contribution in [3.63, 3.8) is 0 Å². The minimum absolute atomic E-state index is 0.182. The normalized spacial score (nSPS) is 11.1. The highest BCUT2D eigenvalue weighted by molar-refractivity contribution is 5.75. The first-order chi connectivity index (χ1) is 13.4. The Morgan fingerprint density at radius 1 is 0.786 bits per heavy atom. The number of hydrogen-bond donors (Lipinski definition) is 2. The Bertz CT molecular complexity index is 603. The van der Waals surface area contributed by atoms with E-state index in [4.69, 9.17) is 15.2 Å². The molecule has 0 atom stereocenters. The van der Waals surface area contributed by atoms with Crippen molar-refractivity contribution in [2.24, 2.45) is 5.73 Å². The minimum atomic E-state index is -2.16. The predicted molar refractivity (Wildman–Crippen MR) is 92.1 cm³/mol. The van der Waals surface area contributed by atoms with Crippen LogP contribution in [-0.2, 0) is 20.7 Å². The van der Waals surface area contributed by atoms with Crippen LogP contribution < -0.4 is 11.1 Å². The van der Waals surface area contributed by atoms with E-state index in [1.165, 1.54) is 0 Å². The fourth-order valence-electron chi connectivity index (χ4n) is 2.36. The summed E-state index contributed by atoms with van der Waals surface area (Å²) in [6, 6.07) is 0. The molecule has 0 aliphatic heterocycles. The first kappa shape index (κ1) is 24.3. The highest BCUT2D eigenvalue weighted by Gasteiger charge is 2.24. The van der Waals surface area contributed by atoms with E-state index in [1.54, 1.807) is 0 Å². The van der Waals surface area contributed by atoms with E-state index >= 15 is 0 Å². The van der Waals surface area contributed by atoms with Gasteiger partial charge in [-0.3, -0.25) is 4.79 Å². The molecule has 0 aliphatic carbocycles. The van der Waals surface area contributed by atoms with Gasteiger partial charge in [-0.1, -0.05) is 6.42 Å². The number of carbonyl (C=O) groups excluding carboxylic acids is 1. The Morgan fingerprint density at radius 2 is 1.36 bits per heavy atom. The number of nitrogens with one attached hydrogen (secondary N) is 1. The van der Waals surface area contributed by atoms with Crippen LogP contribution in [0.1, 0.15) is 31.2 Å². The zero-order valence-corrected chi connectivity index (χ0v) is 15.5. The Hall–Kier alpha value is -1.78. The van der Waals surface area contributed by atoms with Crippen LogP contribution >= 0.6 is 0 Å². The highest BCUT2D eigenvalue weighted by Crippen LogP contribution is 2.24. The van der Waals surface area contributed by atoms with Crippen LogP contribution in [0.15, 0.2) is 0 Å². The smallest absolute Gasteiger partial charge is 0.222 e. The molecule has 28 heavy (non-hydrogen) atoms. The van der Waals surface area contributed by atoms with Crippen LogP contribution in [0.25, 0.3) is 0 Å². The molecule has 0 bridgehead atoms. The van der Waals surface area contributed by atoms with Gasteiger partial charge in [0.15, 0.2) is 23.3 Å². The van der Waals surface area contributed by atoms with Gasteiger partial charge in [-0.15, -0.1) is 0 Å². The molecule has 0 saturated heterocycles. The molecule has 0 spiro atoms. The van der Waals surface area contributed by atoms with Gasteiger partial charge >= 0.3 is 0 Å². The number of nitrogens with two attached hydrogens (primary N) is 1. The van der Waals surface area contributed by atoms with Crippen molar-refractivity contribution in [3.05, 3.63) is 34.6 Å². The fourth-order valence-corrected chi connectivity index (χ4v) is 2.36. The van der Waals surface area contributed by atoms with Crippen LogP contribution in [0, 0.1) is 29.1 Å². The van der Waals surface area contributed by atoms with Crippen molar-refractivity contribution < 1.29 is 36.2 Å². The Labute approximate surface area is 160 Å². The molecule has 0 saturated carbocycles. The molecule has 0 aliphatic rings. The second-order valence-corrected chi connectivity index (χ2v) is 5.97. The molecule has 0 fully saturated rings. The van der Waals surface area contributed by atoms with Gasteiger partial charge in [-0.2, -0.15) is 0 Å². The van der Waals surface area contributed by atoms with E-state index < -0.39 is 34.6 Å². The minimum Gasteiger partial charge on any atom is -0.379 e. The SMILES string of the molecule is NCCOCCOCCC(=O)NCCCCCc1c(F)c(F)c(F)c(F)c1F. The first-order valence-corrected chi connectivity index (χ1v) is 9.02. The largest absolute Gasteiger partial charge is 0.379 e. The number of ether oxygens (including phenoxy) is 2. The van der Waals surface area contributed by atoms with Crippen LogP contribution in [0.4, 0.5) is 22.0 Å². The van der Waals surface area contributed by atoms with Crippen LogP contribution in [0.2, 0.25) is 0 Å². The molecule has 1 amide bonds. The number of unbranched alkanes of at least 4 members (excludes halogenated alkanes) is 2. The van der Waals surface area contributed by atoms with Crippen molar-refractivity contribution in [1.82, 2.24) is 5.32 Å². The summed E-state index contributed by atoms with van der Waals surface area (Å²) in [6.45, 7) is 2.25.